The van der Waals surface area contributed by atoms with Crippen molar-refractivity contribution in [3.8, 4) is 22.3 Å². The molecule has 0 saturated carbocycles. The lowest BCUT2D eigenvalue weighted by Crippen LogP contribution is -2.08. The summed E-state index contributed by atoms with van der Waals surface area (Å²) in [7, 11) is 0. The lowest BCUT2D eigenvalue weighted by Gasteiger charge is -2.15. The Morgan fingerprint density at radius 3 is 2.56 bits per heavy atom. The summed E-state index contributed by atoms with van der Waals surface area (Å²) >= 11 is 0. The summed E-state index contributed by atoms with van der Waals surface area (Å²) in [4.78, 5) is 16.0. The topological polar surface area (TPSA) is 87.6 Å². The SMILES string of the molecule is NCCCc1cc2c(-c3ccccc3CF)c[nH]c(=O)c2c2cc(-c3cn[nH]c3)ccc12. The first-order valence-electron chi connectivity index (χ1n) is 10.7. The number of pyridine rings is 1. The van der Waals surface area contributed by atoms with Crippen molar-refractivity contribution in [2.24, 2.45) is 5.73 Å². The van der Waals surface area contributed by atoms with E-state index in [0.29, 0.717) is 17.5 Å². The van der Waals surface area contributed by atoms with Crippen molar-refractivity contribution in [3.05, 3.63) is 88.6 Å². The van der Waals surface area contributed by atoms with Gasteiger partial charge in [-0.1, -0.05) is 36.4 Å². The molecule has 160 valence electrons. The zero-order valence-electron chi connectivity index (χ0n) is 17.5. The monoisotopic (exact) mass is 426 g/mol. The van der Waals surface area contributed by atoms with Gasteiger partial charge in [0.15, 0.2) is 0 Å². The van der Waals surface area contributed by atoms with E-state index in [2.05, 4.69) is 27.3 Å². The van der Waals surface area contributed by atoms with Gasteiger partial charge in [0.05, 0.1) is 11.6 Å². The zero-order chi connectivity index (χ0) is 22.1. The molecule has 0 saturated heterocycles. The van der Waals surface area contributed by atoms with Gasteiger partial charge in [-0.2, -0.15) is 5.10 Å². The lowest BCUT2D eigenvalue weighted by atomic mass is 9.89. The third-order valence-electron chi connectivity index (χ3n) is 6.02. The molecule has 6 heteroatoms. The lowest BCUT2D eigenvalue weighted by molar-refractivity contribution is 0.486. The molecule has 5 aromatic rings. The summed E-state index contributed by atoms with van der Waals surface area (Å²) in [5.74, 6) is 0. The Hall–Kier alpha value is -3.77. The van der Waals surface area contributed by atoms with Crippen molar-refractivity contribution in [3.63, 3.8) is 0 Å². The second-order valence-electron chi connectivity index (χ2n) is 7.92. The van der Waals surface area contributed by atoms with Crippen LogP contribution in [-0.2, 0) is 13.1 Å². The fourth-order valence-corrected chi connectivity index (χ4v) is 4.46. The molecule has 5 nitrogen and oxygen atoms in total. The number of rotatable bonds is 6. The van der Waals surface area contributed by atoms with Crippen LogP contribution >= 0.6 is 0 Å². The van der Waals surface area contributed by atoms with Gasteiger partial charge in [-0.15, -0.1) is 0 Å². The van der Waals surface area contributed by atoms with Crippen molar-refractivity contribution in [2.75, 3.05) is 6.54 Å². The highest BCUT2D eigenvalue weighted by Gasteiger charge is 2.16. The summed E-state index contributed by atoms with van der Waals surface area (Å²) in [6.45, 7) is 0.00852. The van der Waals surface area contributed by atoms with E-state index in [-0.39, 0.29) is 5.56 Å². The highest BCUT2D eigenvalue weighted by atomic mass is 19.1. The molecule has 0 radical (unpaired) electrons. The first kappa shape index (κ1) is 20.2. The number of H-pyrrole nitrogens is 2. The molecule has 0 amide bonds. The molecule has 0 spiro atoms. The van der Waals surface area contributed by atoms with Gasteiger partial charge < -0.3 is 10.7 Å². The van der Waals surface area contributed by atoms with Crippen LogP contribution in [0.5, 0.6) is 0 Å². The van der Waals surface area contributed by atoms with Gasteiger partial charge in [0.2, 0.25) is 0 Å². The first-order chi connectivity index (χ1) is 15.7. The number of fused-ring (bicyclic) bond motifs is 3. The molecule has 0 aliphatic heterocycles. The minimum absolute atomic E-state index is 0.166. The normalized spacial score (nSPS) is 11.4. The summed E-state index contributed by atoms with van der Waals surface area (Å²) in [6, 6.07) is 15.6. The van der Waals surface area contributed by atoms with Gasteiger partial charge in [-0.05, 0) is 69.9 Å². The predicted molar refractivity (Wildman–Crippen MR) is 127 cm³/mol. The van der Waals surface area contributed by atoms with Gasteiger partial charge in [0, 0.05) is 23.5 Å². The average molecular weight is 426 g/mol. The van der Waals surface area contributed by atoms with Gasteiger partial charge >= 0.3 is 0 Å². The Bertz CT molecular complexity index is 1470. The predicted octanol–water partition coefficient (Wildman–Crippen LogP) is 5.10. The highest BCUT2D eigenvalue weighted by Crippen LogP contribution is 2.36. The number of hydrogen-bond donors (Lipinski definition) is 3. The maximum absolute atomic E-state index is 13.8. The summed E-state index contributed by atoms with van der Waals surface area (Å²) in [5, 5.41) is 10.2. The summed E-state index contributed by atoms with van der Waals surface area (Å²) in [6.07, 6.45) is 6.91. The van der Waals surface area contributed by atoms with E-state index >= 15 is 0 Å². The molecule has 0 aliphatic rings. The average Bonchev–Trinajstić information content (AvgIpc) is 3.37. The maximum Gasteiger partial charge on any atom is 0.256 e. The Labute approximate surface area is 184 Å². The van der Waals surface area contributed by atoms with E-state index in [9.17, 15) is 9.18 Å². The first-order valence-corrected chi connectivity index (χ1v) is 10.7. The molecular weight excluding hydrogens is 403 g/mol. The fourth-order valence-electron chi connectivity index (χ4n) is 4.46. The number of nitrogens with zero attached hydrogens (tertiary/aromatic N) is 1. The van der Waals surface area contributed by atoms with Crippen molar-refractivity contribution in [1.29, 1.82) is 0 Å². The maximum atomic E-state index is 13.8. The van der Waals surface area contributed by atoms with Crippen LogP contribution in [-0.4, -0.2) is 21.7 Å². The number of nitrogens with one attached hydrogen (secondary N) is 2. The number of aromatic nitrogens is 3. The molecular formula is C26H23FN4O. The van der Waals surface area contributed by atoms with Crippen LogP contribution in [0.1, 0.15) is 17.5 Å². The van der Waals surface area contributed by atoms with Crippen LogP contribution in [0.15, 0.2) is 71.9 Å². The Kier molecular flexibility index (Phi) is 5.29. The van der Waals surface area contributed by atoms with Crippen molar-refractivity contribution >= 4 is 21.5 Å². The van der Waals surface area contributed by atoms with Crippen LogP contribution in [0.3, 0.4) is 0 Å². The van der Waals surface area contributed by atoms with E-state index in [1.165, 1.54) is 0 Å². The molecule has 2 aromatic heterocycles. The Balaban J connectivity index is 1.89. The molecule has 0 fully saturated rings. The molecule has 2 heterocycles. The zero-order valence-corrected chi connectivity index (χ0v) is 17.5. The smallest absolute Gasteiger partial charge is 0.256 e. The molecule has 4 N–H and O–H groups in total. The number of nitrogens with two attached hydrogens (primary N) is 1. The van der Waals surface area contributed by atoms with E-state index in [1.54, 1.807) is 18.5 Å². The van der Waals surface area contributed by atoms with E-state index < -0.39 is 6.67 Å². The van der Waals surface area contributed by atoms with Gasteiger partial charge in [-0.3, -0.25) is 9.89 Å². The third kappa shape index (κ3) is 3.39. The number of alkyl halides is 1. The highest BCUT2D eigenvalue weighted by molar-refractivity contribution is 6.13. The minimum atomic E-state index is -0.574. The van der Waals surface area contributed by atoms with Crippen molar-refractivity contribution in [2.45, 2.75) is 19.5 Å². The molecule has 3 aromatic carbocycles. The standard InChI is InChI=1S/C26H23FN4O/c27-12-18-4-1-2-6-20(18)24-15-29-26(32)25-22-10-16(19-13-30-31-14-19)7-8-21(22)17(5-3-9-28)11-23(24)25/h1-2,4,6-8,10-11,13-15H,3,5,9,12,28H2,(H,29,32)(H,30,31). The Morgan fingerprint density at radius 1 is 0.906 bits per heavy atom. The molecule has 0 unspecified atom stereocenters. The van der Waals surface area contributed by atoms with Gasteiger partial charge in [-0.25, -0.2) is 4.39 Å². The van der Waals surface area contributed by atoms with Crippen molar-refractivity contribution < 1.29 is 4.39 Å². The second-order valence-corrected chi connectivity index (χ2v) is 7.92. The van der Waals surface area contributed by atoms with Gasteiger partial charge in [0.1, 0.15) is 6.67 Å². The number of aromatic amines is 2. The molecule has 0 atom stereocenters. The number of hydrogen-bond acceptors (Lipinski definition) is 3. The molecule has 32 heavy (non-hydrogen) atoms. The van der Waals surface area contributed by atoms with E-state index in [4.69, 9.17) is 5.73 Å². The molecule has 0 aliphatic carbocycles. The Morgan fingerprint density at radius 2 is 1.78 bits per heavy atom. The number of aryl methyl sites for hydroxylation is 1. The van der Waals surface area contributed by atoms with Crippen LogP contribution < -0.4 is 11.3 Å². The number of halogens is 1. The second kappa shape index (κ2) is 8.40. The minimum Gasteiger partial charge on any atom is -0.330 e. The van der Waals surface area contributed by atoms with Crippen molar-refractivity contribution in [1.82, 2.24) is 15.2 Å². The fraction of sp³-hybridized carbons (Fsp3) is 0.154. The van der Waals surface area contributed by atoms with Gasteiger partial charge in [0.25, 0.3) is 5.56 Å². The number of benzene rings is 3. The quantitative estimate of drug-likeness (QED) is 0.330. The van der Waals surface area contributed by atoms with Crippen LogP contribution in [0, 0.1) is 0 Å². The van der Waals surface area contributed by atoms with E-state index in [1.807, 2.05) is 36.5 Å². The largest absolute Gasteiger partial charge is 0.330 e. The third-order valence-corrected chi connectivity index (χ3v) is 6.02. The van der Waals surface area contributed by atoms with Crippen LogP contribution in [0.4, 0.5) is 4.39 Å². The van der Waals surface area contributed by atoms with E-state index in [0.717, 1.165) is 56.8 Å². The summed E-state index contributed by atoms with van der Waals surface area (Å²) < 4.78 is 13.8. The summed E-state index contributed by atoms with van der Waals surface area (Å²) in [5.41, 5.74) is 10.9. The van der Waals surface area contributed by atoms with Crippen LogP contribution in [0.2, 0.25) is 0 Å². The van der Waals surface area contributed by atoms with Crippen LogP contribution in [0.25, 0.3) is 43.8 Å². The molecule has 5 rings (SSSR count). The molecule has 0 bridgehead atoms.